The van der Waals surface area contributed by atoms with Gasteiger partial charge in [-0.15, -0.1) is 0 Å². The number of hydrogen-bond donors (Lipinski definition) is 0. The van der Waals surface area contributed by atoms with Gasteiger partial charge in [0.1, 0.15) is 18.2 Å². The summed E-state index contributed by atoms with van der Waals surface area (Å²) in [6.45, 7) is 10.3. The first kappa shape index (κ1) is 20.2. The van der Waals surface area contributed by atoms with Crippen molar-refractivity contribution in [3.05, 3.63) is 58.4 Å². The lowest BCUT2D eigenvalue weighted by Crippen LogP contribution is -2.37. The van der Waals surface area contributed by atoms with E-state index < -0.39 is 0 Å². The van der Waals surface area contributed by atoms with E-state index in [0.29, 0.717) is 6.61 Å². The fourth-order valence-corrected chi connectivity index (χ4v) is 3.97. The molecular weight excluding hydrogens is 386 g/mol. The second-order valence-electron chi connectivity index (χ2n) is 7.61. The van der Waals surface area contributed by atoms with Crippen molar-refractivity contribution in [3.8, 4) is 5.75 Å². The second kappa shape index (κ2) is 9.16. The first-order chi connectivity index (χ1) is 14.1. The number of nitrogens with zero attached hydrogens (tertiary/aromatic N) is 3. The molecule has 6 heteroatoms. The van der Waals surface area contributed by atoms with Crippen LogP contribution in [0.25, 0.3) is 11.0 Å². The average Bonchev–Trinajstić information content (AvgIpc) is 3.07. The van der Waals surface area contributed by atoms with Crippen LogP contribution < -0.4 is 4.74 Å². The first-order valence-corrected chi connectivity index (χ1v) is 10.6. The Bertz CT molecular complexity index is 980. The predicted molar refractivity (Wildman–Crippen MR) is 117 cm³/mol. The molecule has 2 aromatic carbocycles. The van der Waals surface area contributed by atoms with Gasteiger partial charge in [-0.25, -0.2) is 4.98 Å². The summed E-state index contributed by atoms with van der Waals surface area (Å²) in [6, 6.07) is 12.0. The van der Waals surface area contributed by atoms with Crippen LogP contribution in [0.5, 0.6) is 5.75 Å². The molecule has 0 spiro atoms. The topological polar surface area (TPSA) is 39.5 Å². The van der Waals surface area contributed by atoms with E-state index >= 15 is 0 Å². The molecule has 4 rings (SSSR count). The number of fused-ring (bicyclic) bond motifs is 1. The summed E-state index contributed by atoms with van der Waals surface area (Å²) in [6.07, 6.45) is 1.05. The number of benzene rings is 2. The summed E-state index contributed by atoms with van der Waals surface area (Å²) in [5.41, 5.74) is 4.43. The van der Waals surface area contributed by atoms with Crippen LogP contribution in [0.3, 0.4) is 0 Å². The Morgan fingerprint density at radius 1 is 1.10 bits per heavy atom. The molecule has 0 saturated carbocycles. The lowest BCUT2D eigenvalue weighted by molar-refractivity contribution is 0.0369. The standard InChI is InChI=1S/C23H28ClN3O2/c1-17-5-3-6-22(18(17)2)29-16-23-25-20-8-7-19(24)15-21(20)27(23)10-4-9-26-11-13-28-14-12-26/h3,5-8,15H,4,9-14,16H2,1-2H3. The van der Waals surface area contributed by atoms with Gasteiger partial charge in [0.2, 0.25) is 0 Å². The van der Waals surface area contributed by atoms with Crippen molar-refractivity contribution in [1.82, 2.24) is 14.5 Å². The highest BCUT2D eigenvalue weighted by atomic mass is 35.5. The minimum absolute atomic E-state index is 0.439. The van der Waals surface area contributed by atoms with E-state index in [4.69, 9.17) is 26.1 Å². The van der Waals surface area contributed by atoms with Crippen LogP contribution in [0.2, 0.25) is 5.02 Å². The molecule has 0 amide bonds. The summed E-state index contributed by atoms with van der Waals surface area (Å²) in [5, 5.41) is 0.730. The van der Waals surface area contributed by atoms with Crippen molar-refractivity contribution >= 4 is 22.6 Å². The highest BCUT2D eigenvalue weighted by molar-refractivity contribution is 6.31. The monoisotopic (exact) mass is 413 g/mol. The Labute approximate surface area is 177 Å². The molecule has 1 aromatic heterocycles. The highest BCUT2D eigenvalue weighted by Gasteiger charge is 2.14. The van der Waals surface area contributed by atoms with Crippen LogP contribution in [0.4, 0.5) is 0 Å². The number of hydrogen-bond acceptors (Lipinski definition) is 4. The number of rotatable bonds is 7. The minimum Gasteiger partial charge on any atom is -0.485 e. The Balaban J connectivity index is 1.52. The molecule has 1 fully saturated rings. The Morgan fingerprint density at radius 2 is 1.93 bits per heavy atom. The van der Waals surface area contributed by atoms with E-state index in [2.05, 4.69) is 29.4 Å². The van der Waals surface area contributed by atoms with Crippen LogP contribution in [-0.4, -0.2) is 47.3 Å². The third-order valence-corrected chi connectivity index (χ3v) is 5.90. The van der Waals surface area contributed by atoms with Gasteiger partial charge in [0.15, 0.2) is 0 Å². The smallest absolute Gasteiger partial charge is 0.147 e. The van der Waals surface area contributed by atoms with Crippen molar-refractivity contribution in [1.29, 1.82) is 0 Å². The van der Waals surface area contributed by atoms with Gasteiger partial charge >= 0.3 is 0 Å². The molecule has 1 saturated heterocycles. The normalized spacial score (nSPS) is 15.1. The lowest BCUT2D eigenvalue weighted by atomic mass is 10.1. The number of halogens is 1. The molecule has 29 heavy (non-hydrogen) atoms. The van der Waals surface area contributed by atoms with E-state index in [-0.39, 0.29) is 0 Å². The molecule has 0 atom stereocenters. The molecule has 0 bridgehead atoms. The van der Waals surface area contributed by atoms with Crippen LogP contribution in [0.1, 0.15) is 23.4 Å². The quantitative estimate of drug-likeness (QED) is 0.567. The largest absolute Gasteiger partial charge is 0.485 e. The molecule has 3 aromatic rings. The fraction of sp³-hybridized carbons (Fsp3) is 0.435. The van der Waals surface area contributed by atoms with E-state index in [1.807, 2.05) is 30.3 Å². The Hall–Kier alpha value is -2.08. The average molecular weight is 414 g/mol. The van der Waals surface area contributed by atoms with Crippen molar-refractivity contribution in [2.45, 2.75) is 33.4 Å². The summed E-state index contributed by atoms with van der Waals surface area (Å²) >= 11 is 6.27. The van der Waals surface area contributed by atoms with Gasteiger partial charge in [0, 0.05) is 31.2 Å². The van der Waals surface area contributed by atoms with Crippen molar-refractivity contribution < 1.29 is 9.47 Å². The summed E-state index contributed by atoms with van der Waals surface area (Å²) in [7, 11) is 0. The number of morpholine rings is 1. The maximum atomic E-state index is 6.27. The van der Waals surface area contributed by atoms with Crippen LogP contribution in [0.15, 0.2) is 36.4 Å². The fourth-order valence-electron chi connectivity index (χ4n) is 3.81. The number of aryl methyl sites for hydroxylation is 2. The van der Waals surface area contributed by atoms with Crippen molar-refractivity contribution in [3.63, 3.8) is 0 Å². The Morgan fingerprint density at radius 3 is 2.76 bits per heavy atom. The van der Waals surface area contributed by atoms with Crippen LogP contribution in [-0.2, 0) is 17.9 Å². The predicted octanol–water partition coefficient (Wildman–Crippen LogP) is 4.61. The number of aromatic nitrogens is 2. The first-order valence-electron chi connectivity index (χ1n) is 10.3. The summed E-state index contributed by atoms with van der Waals surface area (Å²) < 4.78 is 13.9. The molecule has 154 valence electrons. The molecule has 1 aliphatic rings. The maximum Gasteiger partial charge on any atom is 0.147 e. The number of ether oxygens (including phenoxy) is 2. The molecule has 0 radical (unpaired) electrons. The zero-order valence-corrected chi connectivity index (χ0v) is 17.9. The molecule has 0 N–H and O–H groups in total. The van der Waals surface area contributed by atoms with Crippen LogP contribution in [0, 0.1) is 13.8 Å². The van der Waals surface area contributed by atoms with Gasteiger partial charge in [0.05, 0.1) is 24.2 Å². The van der Waals surface area contributed by atoms with E-state index in [0.717, 1.165) is 73.4 Å². The molecule has 2 heterocycles. The molecule has 5 nitrogen and oxygen atoms in total. The second-order valence-corrected chi connectivity index (χ2v) is 8.04. The van der Waals surface area contributed by atoms with Gasteiger partial charge in [-0.05, 0) is 55.7 Å². The number of imidazole rings is 1. The zero-order chi connectivity index (χ0) is 20.2. The minimum atomic E-state index is 0.439. The Kier molecular flexibility index (Phi) is 6.38. The van der Waals surface area contributed by atoms with Gasteiger partial charge < -0.3 is 14.0 Å². The van der Waals surface area contributed by atoms with E-state index in [9.17, 15) is 0 Å². The molecular formula is C23H28ClN3O2. The summed E-state index contributed by atoms with van der Waals surface area (Å²) in [4.78, 5) is 7.29. The SMILES string of the molecule is Cc1cccc(OCc2nc3ccc(Cl)cc3n2CCCN2CCOCC2)c1C. The van der Waals surface area contributed by atoms with Crippen LogP contribution >= 0.6 is 11.6 Å². The summed E-state index contributed by atoms with van der Waals surface area (Å²) in [5.74, 6) is 1.85. The molecule has 1 aliphatic heterocycles. The lowest BCUT2D eigenvalue weighted by Gasteiger charge is -2.26. The van der Waals surface area contributed by atoms with Crippen molar-refractivity contribution in [2.24, 2.45) is 0 Å². The van der Waals surface area contributed by atoms with Gasteiger partial charge in [-0.1, -0.05) is 23.7 Å². The molecule has 0 unspecified atom stereocenters. The third-order valence-electron chi connectivity index (χ3n) is 5.66. The highest BCUT2D eigenvalue weighted by Crippen LogP contribution is 2.24. The van der Waals surface area contributed by atoms with E-state index in [1.165, 1.54) is 11.1 Å². The van der Waals surface area contributed by atoms with E-state index in [1.54, 1.807) is 0 Å². The molecule has 0 aliphatic carbocycles. The third kappa shape index (κ3) is 4.74. The van der Waals surface area contributed by atoms with Gasteiger partial charge in [0.25, 0.3) is 0 Å². The maximum absolute atomic E-state index is 6.27. The zero-order valence-electron chi connectivity index (χ0n) is 17.2. The van der Waals surface area contributed by atoms with Gasteiger partial charge in [-0.3, -0.25) is 4.90 Å². The van der Waals surface area contributed by atoms with Crippen molar-refractivity contribution in [2.75, 3.05) is 32.8 Å². The van der Waals surface area contributed by atoms with Gasteiger partial charge in [-0.2, -0.15) is 0 Å².